The first-order valence-electron chi connectivity index (χ1n) is 8.48. The van der Waals surface area contributed by atoms with E-state index in [4.69, 9.17) is 8.83 Å². The minimum atomic E-state index is -0.267. The lowest BCUT2D eigenvalue weighted by molar-refractivity contribution is -0.131. The van der Waals surface area contributed by atoms with Crippen molar-refractivity contribution in [3.8, 4) is 0 Å². The van der Waals surface area contributed by atoms with Crippen molar-refractivity contribution in [1.29, 1.82) is 0 Å². The molecular weight excluding hydrogens is 330 g/mol. The molecule has 26 heavy (non-hydrogen) atoms. The third kappa shape index (κ3) is 3.13. The Balaban J connectivity index is 1.54. The van der Waals surface area contributed by atoms with Crippen LogP contribution in [0.3, 0.4) is 0 Å². The molecule has 0 aliphatic carbocycles. The van der Waals surface area contributed by atoms with Gasteiger partial charge in [-0.15, -0.1) is 0 Å². The fourth-order valence-electron chi connectivity index (χ4n) is 3.06. The molecule has 2 aromatic heterocycles. The SMILES string of the molecule is Cc1ccccc1NCC(=O)N1N=C(c2ccco2)C[C@@H]1c1ccco1. The number of carbonyl (C=O) groups excluding carboxylic acids is 1. The summed E-state index contributed by atoms with van der Waals surface area (Å²) in [6.45, 7) is 2.15. The van der Waals surface area contributed by atoms with Crippen LogP contribution in [0, 0.1) is 6.92 Å². The summed E-state index contributed by atoms with van der Waals surface area (Å²) in [6, 6.07) is 14.9. The molecule has 0 spiro atoms. The molecule has 1 N–H and O–H groups in total. The summed E-state index contributed by atoms with van der Waals surface area (Å²) in [5.41, 5.74) is 2.76. The van der Waals surface area contributed by atoms with Gasteiger partial charge in [0, 0.05) is 12.1 Å². The summed E-state index contributed by atoms with van der Waals surface area (Å²) in [6.07, 6.45) is 3.76. The van der Waals surface area contributed by atoms with Crippen LogP contribution < -0.4 is 5.32 Å². The van der Waals surface area contributed by atoms with Gasteiger partial charge >= 0.3 is 0 Å². The standard InChI is InChI=1S/C20H19N3O3/c1-14-6-2-3-7-15(14)21-13-20(24)23-17(19-9-5-11-26-19)12-16(22-23)18-8-4-10-25-18/h2-11,17,21H,12-13H2,1H3/t17-/m1/s1. The normalized spacial score (nSPS) is 16.6. The van der Waals surface area contributed by atoms with Crippen LogP contribution in [-0.2, 0) is 4.79 Å². The second kappa shape index (κ2) is 6.92. The van der Waals surface area contributed by atoms with E-state index in [2.05, 4.69) is 10.4 Å². The van der Waals surface area contributed by atoms with E-state index >= 15 is 0 Å². The summed E-state index contributed by atoms with van der Waals surface area (Å²) >= 11 is 0. The number of rotatable bonds is 5. The first-order chi connectivity index (χ1) is 12.7. The summed E-state index contributed by atoms with van der Waals surface area (Å²) in [7, 11) is 0. The number of hydrogen-bond acceptors (Lipinski definition) is 5. The van der Waals surface area contributed by atoms with Gasteiger partial charge in [-0.1, -0.05) is 18.2 Å². The fraction of sp³-hybridized carbons (Fsp3) is 0.200. The summed E-state index contributed by atoms with van der Waals surface area (Å²) in [4.78, 5) is 12.8. The molecule has 3 aromatic rings. The van der Waals surface area contributed by atoms with Gasteiger partial charge in [0.15, 0.2) is 0 Å². The molecule has 3 heterocycles. The van der Waals surface area contributed by atoms with Gasteiger partial charge in [0.25, 0.3) is 5.91 Å². The number of anilines is 1. The molecule has 0 radical (unpaired) electrons. The zero-order valence-electron chi connectivity index (χ0n) is 14.4. The van der Waals surface area contributed by atoms with Gasteiger partial charge in [-0.25, -0.2) is 5.01 Å². The van der Waals surface area contributed by atoms with Gasteiger partial charge < -0.3 is 14.2 Å². The number of hydrazone groups is 1. The Morgan fingerprint density at radius 3 is 2.69 bits per heavy atom. The molecule has 0 bridgehead atoms. The molecule has 1 aliphatic rings. The maximum Gasteiger partial charge on any atom is 0.262 e. The van der Waals surface area contributed by atoms with E-state index in [0.29, 0.717) is 17.9 Å². The number of nitrogens with zero attached hydrogens (tertiary/aromatic N) is 2. The molecule has 0 saturated carbocycles. The number of furan rings is 2. The van der Waals surface area contributed by atoms with E-state index < -0.39 is 0 Å². The first-order valence-corrected chi connectivity index (χ1v) is 8.48. The Labute approximate surface area is 151 Å². The van der Waals surface area contributed by atoms with Crippen LogP contribution in [0.5, 0.6) is 0 Å². The maximum absolute atomic E-state index is 12.8. The lowest BCUT2D eigenvalue weighted by Gasteiger charge is -2.20. The second-order valence-corrected chi connectivity index (χ2v) is 6.17. The number of nitrogens with one attached hydrogen (secondary N) is 1. The predicted molar refractivity (Wildman–Crippen MR) is 97.8 cm³/mol. The summed E-state index contributed by atoms with van der Waals surface area (Å²) in [5.74, 6) is 1.25. The lowest BCUT2D eigenvalue weighted by atomic mass is 10.1. The van der Waals surface area contributed by atoms with Crippen molar-refractivity contribution < 1.29 is 13.6 Å². The van der Waals surface area contributed by atoms with E-state index in [1.165, 1.54) is 5.01 Å². The molecular formula is C20H19N3O3. The molecule has 1 aromatic carbocycles. The van der Waals surface area contributed by atoms with E-state index in [1.54, 1.807) is 12.5 Å². The zero-order valence-corrected chi connectivity index (χ0v) is 14.4. The van der Waals surface area contributed by atoms with Crippen LogP contribution in [0.2, 0.25) is 0 Å². The Bertz CT molecular complexity index is 914. The number of amides is 1. The third-order valence-corrected chi connectivity index (χ3v) is 4.42. The van der Waals surface area contributed by atoms with Crippen LogP contribution in [0.15, 0.2) is 75.0 Å². The summed E-state index contributed by atoms with van der Waals surface area (Å²) < 4.78 is 11.0. The monoisotopic (exact) mass is 349 g/mol. The highest BCUT2D eigenvalue weighted by molar-refractivity contribution is 6.01. The van der Waals surface area contributed by atoms with Gasteiger partial charge in [0.05, 0.1) is 19.1 Å². The van der Waals surface area contributed by atoms with E-state index in [1.807, 2.05) is 55.5 Å². The fourth-order valence-corrected chi connectivity index (χ4v) is 3.06. The number of hydrogen-bond donors (Lipinski definition) is 1. The molecule has 1 aliphatic heterocycles. The predicted octanol–water partition coefficient (Wildman–Crippen LogP) is 3.97. The van der Waals surface area contributed by atoms with E-state index in [0.717, 1.165) is 17.0 Å². The van der Waals surface area contributed by atoms with Crippen LogP contribution in [0.25, 0.3) is 0 Å². The first kappa shape index (κ1) is 16.2. The van der Waals surface area contributed by atoms with Crippen LogP contribution in [0.4, 0.5) is 5.69 Å². The molecule has 132 valence electrons. The molecule has 1 amide bonds. The Kier molecular flexibility index (Phi) is 4.31. The van der Waals surface area contributed by atoms with Crippen molar-refractivity contribution >= 4 is 17.3 Å². The molecule has 0 unspecified atom stereocenters. The Morgan fingerprint density at radius 2 is 1.96 bits per heavy atom. The number of carbonyl (C=O) groups is 1. The molecule has 4 rings (SSSR count). The number of benzene rings is 1. The zero-order chi connectivity index (χ0) is 17.9. The minimum Gasteiger partial charge on any atom is -0.467 e. The van der Waals surface area contributed by atoms with Crippen molar-refractivity contribution in [2.75, 3.05) is 11.9 Å². The Hall–Kier alpha value is -3.28. The lowest BCUT2D eigenvalue weighted by Crippen LogP contribution is -2.32. The number of aryl methyl sites for hydroxylation is 1. The van der Waals surface area contributed by atoms with Gasteiger partial charge in [-0.2, -0.15) is 5.10 Å². The summed E-state index contributed by atoms with van der Waals surface area (Å²) in [5, 5.41) is 9.19. The van der Waals surface area contributed by atoms with Crippen molar-refractivity contribution in [3.63, 3.8) is 0 Å². The second-order valence-electron chi connectivity index (χ2n) is 6.17. The molecule has 6 heteroatoms. The largest absolute Gasteiger partial charge is 0.467 e. The average Bonchev–Trinajstić information content (AvgIpc) is 3.41. The number of para-hydroxylation sites is 1. The third-order valence-electron chi connectivity index (χ3n) is 4.42. The molecule has 1 atom stereocenters. The maximum atomic E-state index is 12.8. The smallest absolute Gasteiger partial charge is 0.262 e. The quantitative estimate of drug-likeness (QED) is 0.756. The van der Waals surface area contributed by atoms with Crippen LogP contribution >= 0.6 is 0 Å². The average molecular weight is 349 g/mol. The van der Waals surface area contributed by atoms with E-state index in [-0.39, 0.29) is 18.5 Å². The van der Waals surface area contributed by atoms with Crippen molar-refractivity contribution in [2.45, 2.75) is 19.4 Å². The minimum absolute atomic E-state index is 0.129. The van der Waals surface area contributed by atoms with Gasteiger partial charge in [-0.05, 0) is 42.8 Å². The molecule has 0 saturated heterocycles. The van der Waals surface area contributed by atoms with Crippen molar-refractivity contribution in [3.05, 3.63) is 78.1 Å². The van der Waals surface area contributed by atoms with Crippen LogP contribution in [0.1, 0.15) is 29.5 Å². The van der Waals surface area contributed by atoms with Crippen LogP contribution in [-0.4, -0.2) is 23.2 Å². The van der Waals surface area contributed by atoms with E-state index in [9.17, 15) is 4.79 Å². The topological polar surface area (TPSA) is 71.0 Å². The Morgan fingerprint density at radius 1 is 1.15 bits per heavy atom. The highest BCUT2D eigenvalue weighted by atomic mass is 16.3. The van der Waals surface area contributed by atoms with Gasteiger partial charge in [0.1, 0.15) is 23.3 Å². The highest BCUT2D eigenvalue weighted by Crippen LogP contribution is 2.33. The van der Waals surface area contributed by atoms with Crippen molar-refractivity contribution in [2.24, 2.45) is 5.10 Å². The van der Waals surface area contributed by atoms with Gasteiger partial charge in [-0.3, -0.25) is 4.79 Å². The molecule has 0 fully saturated rings. The molecule has 6 nitrogen and oxygen atoms in total. The highest BCUT2D eigenvalue weighted by Gasteiger charge is 2.35. The van der Waals surface area contributed by atoms with Crippen molar-refractivity contribution in [1.82, 2.24) is 5.01 Å². The van der Waals surface area contributed by atoms with Gasteiger partial charge in [0.2, 0.25) is 0 Å².